The summed E-state index contributed by atoms with van der Waals surface area (Å²) in [5, 5.41) is 10.1. The molecule has 0 atom stereocenters. The van der Waals surface area contributed by atoms with Crippen molar-refractivity contribution in [2.45, 2.75) is 46.0 Å². The SMILES string of the molecule is CCNC(=NCc1cccc(C(F)(F)F)c1)NCc1cc(C(C)C)no1.I. The van der Waals surface area contributed by atoms with Crippen molar-refractivity contribution >= 4 is 29.9 Å². The minimum absolute atomic E-state index is 0. The van der Waals surface area contributed by atoms with Crippen molar-refractivity contribution in [2.24, 2.45) is 4.99 Å². The Kier molecular flexibility index (Phi) is 9.07. The highest BCUT2D eigenvalue weighted by Crippen LogP contribution is 2.29. The van der Waals surface area contributed by atoms with Gasteiger partial charge < -0.3 is 15.2 Å². The van der Waals surface area contributed by atoms with Crippen molar-refractivity contribution < 1.29 is 17.7 Å². The second-order valence-electron chi connectivity index (χ2n) is 6.12. The van der Waals surface area contributed by atoms with Crippen LogP contribution in [0.25, 0.3) is 0 Å². The molecular weight excluding hydrogens is 472 g/mol. The van der Waals surface area contributed by atoms with E-state index in [2.05, 4.69) is 20.8 Å². The maximum absolute atomic E-state index is 12.8. The highest BCUT2D eigenvalue weighted by atomic mass is 127. The zero-order chi connectivity index (χ0) is 19.2. The van der Waals surface area contributed by atoms with Gasteiger partial charge >= 0.3 is 6.18 Å². The number of halogens is 4. The predicted molar refractivity (Wildman–Crippen MR) is 109 cm³/mol. The summed E-state index contributed by atoms with van der Waals surface area (Å²) < 4.78 is 43.6. The van der Waals surface area contributed by atoms with E-state index in [0.29, 0.717) is 30.4 Å². The Morgan fingerprint density at radius 1 is 1.22 bits per heavy atom. The minimum atomic E-state index is -4.36. The summed E-state index contributed by atoms with van der Waals surface area (Å²) in [5.41, 5.74) is 0.678. The van der Waals surface area contributed by atoms with Crippen LogP contribution in [0.3, 0.4) is 0 Å². The Bertz CT molecular complexity index is 744. The quantitative estimate of drug-likeness (QED) is 0.346. The molecule has 0 radical (unpaired) electrons. The minimum Gasteiger partial charge on any atom is -0.359 e. The summed E-state index contributed by atoms with van der Waals surface area (Å²) in [6.45, 7) is 7.10. The van der Waals surface area contributed by atoms with Crippen LogP contribution in [0.1, 0.15) is 49.3 Å². The Balaban J connectivity index is 0.00000364. The van der Waals surface area contributed by atoms with Gasteiger partial charge in [0.05, 0.1) is 24.3 Å². The van der Waals surface area contributed by atoms with E-state index in [0.717, 1.165) is 17.8 Å². The van der Waals surface area contributed by atoms with E-state index in [1.54, 1.807) is 6.07 Å². The van der Waals surface area contributed by atoms with Crippen LogP contribution < -0.4 is 10.6 Å². The molecule has 0 aliphatic heterocycles. The highest BCUT2D eigenvalue weighted by Gasteiger charge is 2.30. The maximum atomic E-state index is 12.8. The average Bonchev–Trinajstić information content (AvgIpc) is 3.06. The van der Waals surface area contributed by atoms with E-state index in [4.69, 9.17) is 4.52 Å². The number of aromatic nitrogens is 1. The van der Waals surface area contributed by atoms with E-state index in [9.17, 15) is 13.2 Å². The third kappa shape index (κ3) is 7.39. The first-order valence-electron chi connectivity index (χ1n) is 8.43. The van der Waals surface area contributed by atoms with Gasteiger partial charge in [-0.25, -0.2) is 4.99 Å². The molecule has 9 heteroatoms. The number of hydrogen-bond donors (Lipinski definition) is 2. The van der Waals surface area contributed by atoms with Crippen LogP contribution in [0.15, 0.2) is 39.8 Å². The van der Waals surface area contributed by atoms with Gasteiger partial charge in [-0.05, 0) is 30.5 Å². The summed E-state index contributed by atoms with van der Waals surface area (Å²) in [6, 6.07) is 7.03. The molecule has 1 aromatic carbocycles. The maximum Gasteiger partial charge on any atom is 0.416 e. The van der Waals surface area contributed by atoms with Gasteiger partial charge in [0, 0.05) is 12.6 Å². The Morgan fingerprint density at radius 3 is 2.56 bits per heavy atom. The third-order valence-electron chi connectivity index (χ3n) is 3.62. The molecule has 0 aliphatic carbocycles. The molecule has 2 aromatic rings. The van der Waals surface area contributed by atoms with E-state index in [1.165, 1.54) is 6.07 Å². The fourth-order valence-corrected chi connectivity index (χ4v) is 2.21. The van der Waals surface area contributed by atoms with Crippen LogP contribution in [0.4, 0.5) is 13.2 Å². The molecule has 1 aromatic heterocycles. The molecule has 2 rings (SSSR count). The third-order valence-corrected chi connectivity index (χ3v) is 3.62. The highest BCUT2D eigenvalue weighted by molar-refractivity contribution is 14.0. The first kappa shape index (κ1) is 23.3. The second kappa shape index (κ2) is 10.5. The lowest BCUT2D eigenvalue weighted by atomic mass is 10.1. The van der Waals surface area contributed by atoms with Crippen molar-refractivity contribution in [1.82, 2.24) is 15.8 Å². The molecule has 5 nitrogen and oxygen atoms in total. The zero-order valence-corrected chi connectivity index (χ0v) is 17.8. The van der Waals surface area contributed by atoms with Crippen LogP contribution in [-0.2, 0) is 19.3 Å². The number of nitrogens with zero attached hydrogens (tertiary/aromatic N) is 2. The summed E-state index contributed by atoms with van der Waals surface area (Å²) in [7, 11) is 0. The van der Waals surface area contributed by atoms with Gasteiger partial charge in [0.1, 0.15) is 0 Å². The first-order chi connectivity index (χ1) is 12.3. The fraction of sp³-hybridized carbons (Fsp3) is 0.444. The number of aliphatic imine (C=N–C) groups is 1. The van der Waals surface area contributed by atoms with Crippen LogP contribution in [0.5, 0.6) is 0 Å². The molecule has 0 aliphatic rings. The van der Waals surface area contributed by atoms with E-state index < -0.39 is 11.7 Å². The normalized spacial score (nSPS) is 12.0. The standard InChI is InChI=1S/C18H23F3N4O.HI/c1-4-22-17(24-11-15-9-16(12(2)3)25-26-15)23-10-13-6-5-7-14(8-13)18(19,20)21;/h5-9,12H,4,10-11H2,1-3H3,(H2,22,23,24);1H. The Labute approximate surface area is 173 Å². The van der Waals surface area contributed by atoms with Gasteiger partial charge in [-0.2, -0.15) is 13.2 Å². The number of guanidine groups is 1. The second-order valence-corrected chi connectivity index (χ2v) is 6.12. The molecule has 0 spiro atoms. The van der Waals surface area contributed by atoms with E-state index in [1.807, 2.05) is 26.8 Å². The summed E-state index contributed by atoms with van der Waals surface area (Å²) in [5.74, 6) is 1.43. The predicted octanol–water partition coefficient (Wildman–Crippen LogP) is 4.69. The number of benzene rings is 1. The molecule has 27 heavy (non-hydrogen) atoms. The number of nitrogens with one attached hydrogen (secondary N) is 2. The zero-order valence-electron chi connectivity index (χ0n) is 15.4. The van der Waals surface area contributed by atoms with Crippen LogP contribution in [0.2, 0.25) is 0 Å². The monoisotopic (exact) mass is 496 g/mol. The fourth-order valence-electron chi connectivity index (χ4n) is 2.21. The average molecular weight is 496 g/mol. The van der Waals surface area contributed by atoms with Gasteiger partial charge in [0.25, 0.3) is 0 Å². The molecule has 0 amide bonds. The van der Waals surface area contributed by atoms with Crippen molar-refractivity contribution in [1.29, 1.82) is 0 Å². The lowest BCUT2D eigenvalue weighted by Crippen LogP contribution is -2.36. The van der Waals surface area contributed by atoms with Crippen LogP contribution >= 0.6 is 24.0 Å². The Hall–Kier alpha value is -1.78. The molecule has 150 valence electrons. The molecule has 2 N–H and O–H groups in total. The first-order valence-corrected chi connectivity index (χ1v) is 8.43. The Morgan fingerprint density at radius 2 is 1.96 bits per heavy atom. The topological polar surface area (TPSA) is 62.5 Å². The molecule has 0 unspecified atom stereocenters. The lowest BCUT2D eigenvalue weighted by molar-refractivity contribution is -0.137. The lowest BCUT2D eigenvalue weighted by Gasteiger charge is -2.11. The molecular formula is C18H24F3IN4O. The molecule has 0 fully saturated rings. The summed E-state index contributed by atoms with van der Waals surface area (Å²) >= 11 is 0. The van der Waals surface area contributed by atoms with E-state index in [-0.39, 0.29) is 36.4 Å². The van der Waals surface area contributed by atoms with Crippen LogP contribution in [-0.4, -0.2) is 17.7 Å². The molecule has 0 saturated carbocycles. The van der Waals surface area contributed by atoms with Gasteiger partial charge in [-0.1, -0.05) is 31.1 Å². The van der Waals surface area contributed by atoms with Gasteiger partial charge in [-0.15, -0.1) is 24.0 Å². The summed E-state index contributed by atoms with van der Waals surface area (Å²) in [6.07, 6.45) is -4.36. The number of rotatable bonds is 6. The van der Waals surface area contributed by atoms with Crippen molar-refractivity contribution in [3.8, 4) is 0 Å². The molecule has 0 bridgehead atoms. The van der Waals surface area contributed by atoms with Crippen LogP contribution in [0, 0.1) is 0 Å². The van der Waals surface area contributed by atoms with Gasteiger partial charge in [0.2, 0.25) is 0 Å². The van der Waals surface area contributed by atoms with Crippen molar-refractivity contribution in [3.05, 3.63) is 52.9 Å². The number of hydrogen-bond acceptors (Lipinski definition) is 3. The van der Waals surface area contributed by atoms with Crippen molar-refractivity contribution in [3.63, 3.8) is 0 Å². The molecule has 0 saturated heterocycles. The largest absolute Gasteiger partial charge is 0.416 e. The van der Waals surface area contributed by atoms with Gasteiger partial charge in [0.15, 0.2) is 11.7 Å². The van der Waals surface area contributed by atoms with E-state index >= 15 is 0 Å². The number of alkyl halides is 3. The molecule has 1 heterocycles. The smallest absolute Gasteiger partial charge is 0.359 e. The van der Waals surface area contributed by atoms with Gasteiger partial charge in [-0.3, -0.25) is 0 Å². The summed E-state index contributed by atoms with van der Waals surface area (Å²) in [4.78, 5) is 4.33. The van der Waals surface area contributed by atoms with Crippen molar-refractivity contribution in [2.75, 3.05) is 6.54 Å².